The minimum absolute atomic E-state index is 0.00259. The molecule has 0 aliphatic carbocycles. The van der Waals surface area contributed by atoms with Crippen LogP contribution >= 0.6 is 0 Å². The van der Waals surface area contributed by atoms with Crippen molar-refractivity contribution in [1.82, 2.24) is 10.6 Å². The number of hydrogen-bond donors (Lipinski definition) is 5. The van der Waals surface area contributed by atoms with E-state index in [9.17, 15) is 9.59 Å². The zero-order valence-electron chi connectivity index (χ0n) is 19.1. The average Bonchev–Trinajstić information content (AvgIpc) is 2.80. The SMILES string of the molecule is CNC(=O)CCC/C(C=NCCCCCC(=O)NCCOCCOCCN)=N/N.CO. The molecule has 0 spiro atoms. The summed E-state index contributed by atoms with van der Waals surface area (Å²) in [7, 11) is 2.61. The van der Waals surface area contributed by atoms with Gasteiger partial charge in [0.25, 0.3) is 0 Å². The van der Waals surface area contributed by atoms with E-state index in [2.05, 4.69) is 20.7 Å². The molecule has 0 fully saturated rings. The second-order valence-electron chi connectivity index (χ2n) is 6.36. The molecule has 0 aromatic rings. The van der Waals surface area contributed by atoms with Crippen LogP contribution in [0.3, 0.4) is 0 Å². The van der Waals surface area contributed by atoms with E-state index in [4.69, 9.17) is 26.2 Å². The lowest BCUT2D eigenvalue weighted by molar-refractivity contribution is -0.122. The quantitative estimate of drug-likeness (QED) is 0.0774. The highest BCUT2D eigenvalue weighted by atomic mass is 16.5. The standard InChI is InChI=1S/C19H38N6O4.CH4O/c1-22-18(26)8-5-6-17(25-21)16-23-10-4-2-3-7-19(27)24-11-13-29-15-14-28-12-9-20;1-2/h16H,2-15,20-21H2,1H3,(H,22,26)(H,24,27);2H,1H3/b23-16?,25-17-;. The molecule has 0 heterocycles. The number of nitrogens with one attached hydrogen (secondary N) is 2. The van der Waals surface area contributed by atoms with E-state index in [1.807, 2.05) is 0 Å². The molecule has 0 saturated heterocycles. The highest BCUT2D eigenvalue weighted by molar-refractivity contribution is 6.30. The number of unbranched alkanes of at least 4 members (excludes halogenated alkanes) is 2. The molecule has 0 atom stereocenters. The van der Waals surface area contributed by atoms with Gasteiger partial charge in [-0.25, -0.2) is 0 Å². The van der Waals surface area contributed by atoms with Crippen molar-refractivity contribution >= 4 is 23.7 Å². The van der Waals surface area contributed by atoms with Gasteiger partial charge in [-0.05, 0) is 25.7 Å². The molecule has 11 heteroatoms. The minimum atomic E-state index is 0.00259. The molecule has 0 aromatic carbocycles. The highest BCUT2D eigenvalue weighted by Gasteiger charge is 2.02. The molecule has 0 radical (unpaired) electrons. The number of aliphatic imine (C=N–C) groups is 1. The Morgan fingerprint density at radius 3 is 2.26 bits per heavy atom. The molecular formula is C20H42N6O5. The van der Waals surface area contributed by atoms with Crippen LogP contribution in [0.5, 0.6) is 0 Å². The third kappa shape index (κ3) is 24.1. The average molecular weight is 447 g/mol. The Hall–Kier alpha value is -2.08. The van der Waals surface area contributed by atoms with Crippen LogP contribution < -0.4 is 22.2 Å². The van der Waals surface area contributed by atoms with Crippen molar-refractivity contribution < 1.29 is 24.2 Å². The second kappa shape index (κ2) is 26.0. The maximum absolute atomic E-state index is 11.7. The van der Waals surface area contributed by atoms with Crippen molar-refractivity contribution in [2.45, 2.75) is 44.9 Å². The van der Waals surface area contributed by atoms with Gasteiger partial charge in [-0.15, -0.1) is 0 Å². The first-order valence-corrected chi connectivity index (χ1v) is 10.7. The summed E-state index contributed by atoms with van der Waals surface area (Å²) in [4.78, 5) is 27.2. The van der Waals surface area contributed by atoms with Crippen molar-refractivity contribution in [2.24, 2.45) is 21.7 Å². The Kier molecular flexibility index (Phi) is 26.0. The number of nitrogens with two attached hydrogens (primary N) is 2. The summed E-state index contributed by atoms with van der Waals surface area (Å²) in [6, 6.07) is 0. The van der Waals surface area contributed by atoms with Crippen LogP contribution in [0.1, 0.15) is 44.9 Å². The number of amides is 2. The molecule has 0 aliphatic heterocycles. The number of aliphatic hydroxyl groups excluding tert-OH is 1. The zero-order valence-corrected chi connectivity index (χ0v) is 19.1. The van der Waals surface area contributed by atoms with E-state index in [1.165, 1.54) is 0 Å². The topological polar surface area (TPSA) is 174 Å². The molecule has 7 N–H and O–H groups in total. The van der Waals surface area contributed by atoms with Crippen LogP contribution in [0.15, 0.2) is 10.1 Å². The molecule has 182 valence electrons. The fraction of sp³-hybridized carbons (Fsp3) is 0.800. The Morgan fingerprint density at radius 2 is 1.61 bits per heavy atom. The molecule has 0 saturated carbocycles. The summed E-state index contributed by atoms with van der Waals surface area (Å²) < 4.78 is 10.5. The van der Waals surface area contributed by atoms with E-state index in [-0.39, 0.29) is 11.8 Å². The molecule has 0 aliphatic rings. The van der Waals surface area contributed by atoms with Gasteiger partial charge < -0.3 is 36.8 Å². The van der Waals surface area contributed by atoms with Crippen molar-refractivity contribution in [1.29, 1.82) is 0 Å². The normalized spacial score (nSPS) is 11.2. The van der Waals surface area contributed by atoms with Gasteiger partial charge >= 0.3 is 0 Å². The van der Waals surface area contributed by atoms with Gasteiger partial charge in [-0.1, -0.05) is 6.42 Å². The van der Waals surface area contributed by atoms with E-state index < -0.39 is 0 Å². The summed E-state index contributed by atoms with van der Waals surface area (Å²) in [6.45, 7) is 3.69. The Bertz CT molecular complexity index is 489. The molecule has 31 heavy (non-hydrogen) atoms. The number of carbonyl (C=O) groups excluding carboxylic acids is 2. The van der Waals surface area contributed by atoms with E-state index in [1.54, 1.807) is 13.3 Å². The van der Waals surface area contributed by atoms with Crippen LogP contribution in [0.4, 0.5) is 0 Å². The van der Waals surface area contributed by atoms with Crippen molar-refractivity contribution in [3.05, 3.63) is 0 Å². The van der Waals surface area contributed by atoms with Crippen molar-refractivity contribution in [2.75, 3.05) is 60.2 Å². The predicted octanol–water partition coefficient (Wildman–Crippen LogP) is -0.435. The summed E-state index contributed by atoms with van der Waals surface area (Å²) in [6.07, 6.45) is 6.55. The van der Waals surface area contributed by atoms with Crippen LogP contribution in [0, 0.1) is 0 Å². The van der Waals surface area contributed by atoms with Gasteiger partial charge in [0.2, 0.25) is 11.8 Å². The Labute approximate surface area is 186 Å². The third-order valence-corrected chi connectivity index (χ3v) is 3.92. The summed E-state index contributed by atoms with van der Waals surface area (Å²) in [5.41, 5.74) is 5.99. The third-order valence-electron chi connectivity index (χ3n) is 3.92. The maximum Gasteiger partial charge on any atom is 0.220 e. The Balaban J connectivity index is 0. The second-order valence-corrected chi connectivity index (χ2v) is 6.36. The van der Waals surface area contributed by atoms with Crippen LogP contribution in [0.2, 0.25) is 0 Å². The smallest absolute Gasteiger partial charge is 0.220 e. The van der Waals surface area contributed by atoms with Crippen LogP contribution in [0.25, 0.3) is 0 Å². The first-order chi connectivity index (χ1) is 15.1. The van der Waals surface area contributed by atoms with Gasteiger partial charge in [0.1, 0.15) is 0 Å². The number of nitrogens with zero attached hydrogens (tertiary/aromatic N) is 2. The highest BCUT2D eigenvalue weighted by Crippen LogP contribution is 2.01. The molecular weight excluding hydrogens is 404 g/mol. The molecule has 2 amide bonds. The largest absolute Gasteiger partial charge is 0.400 e. The molecule has 0 aromatic heterocycles. The Morgan fingerprint density at radius 1 is 0.935 bits per heavy atom. The summed E-state index contributed by atoms with van der Waals surface area (Å²) in [5, 5.41) is 16.1. The number of aliphatic hydroxyl groups is 1. The van der Waals surface area contributed by atoms with Crippen molar-refractivity contribution in [3.8, 4) is 0 Å². The predicted molar refractivity (Wildman–Crippen MR) is 123 cm³/mol. The number of hydrogen-bond acceptors (Lipinski definition) is 9. The first-order valence-electron chi connectivity index (χ1n) is 10.7. The van der Waals surface area contributed by atoms with Crippen LogP contribution in [-0.2, 0) is 19.1 Å². The lowest BCUT2D eigenvalue weighted by atomic mass is 10.1. The van der Waals surface area contributed by atoms with E-state index in [0.717, 1.165) is 26.4 Å². The van der Waals surface area contributed by atoms with E-state index in [0.29, 0.717) is 77.5 Å². The van der Waals surface area contributed by atoms with Gasteiger partial charge in [-0.3, -0.25) is 14.6 Å². The molecule has 0 rings (SSSR count). The summed E-state index contributed by atoms with van der Waals surface area (Å²) in [5.74, 6) is 5.37. The van der Waals surface area contributed by atoms with Gasteiger partial charge in [0, 0.05) is 52.8 Å². The van der Waals surface area contributed by atoms with Gasteiger partial charge in [0.15, 0.2) is 0 Å². The van der Waals surface area contributed by atoms with Gasteiger partial charge in [-0.2, -0.15) is 5.10 Å². The fourth-order valence-corrected chi connectivity index (χ4v) is 2.31. The lowest BCUT2D eigenvalue weighted by Gasteiger charge is -2.07. The molecule has 0 bridgehead atoms. The minimum Gasteiger partial charge on any atom is -0.400 e. The monoisotopic (exact) mass is 446 g/mol. The maximum atomic E-state index is 11.7. The number of rotatable bonds is 19. The van der Waals surface area contributed by atoms with E-state index >= 15 is 0 Å². The fourth-order valence-electron chi connectivity index (χ4n) is 2.31. The summed E-state index contributed by atoms with van der Waals surface area (Å²) >= 11 is 0. The number of carbonyl (C=O) groups is 2. The number of hydrazone groups is 1. The van der Waals surface area contributed by atoms with Crippen LogP contribution in [-0.4, -0.2) is 89.1 Å². The van der Waals surface area contributed by atoms with Gasteiger partial charge in [0.05, 0.1) is 32.1 Å². The first kappa shape index (κ1) is 31.1. The molecule has 11 nitrogen and oxygen atoms in total. The van der Waals surface area contributed by atoms with Crippen molar-refractivity contribution in [3.63, 3.8) is 0 Å². The lowest BCUT2D eigenvalue weighted by Crippen LogP contribution is -2.27. The number of ether oxygens (including phenoxy) is 2. The zero-order chi connectivity index (χ0) is 23.6. The molecule has 0 unspecified atom stereocenters.